The van der Waals surface area contributed by atoms with Gasteiger partial charge >= 0.3 is 6.03 Å². The third-order valence-corrected chi connectivity index (χ3v) is 3.83. The molecule has 0 saturated carbocycles. The number of hydrogen-bond donors (Lipinski definition) is 1. The standard InChI is InChI=1S/C15H13BrN2O3/c1-2-3-6-9-18-14(20)12(13(19)17-15(18)21)10-7-4-5-8-11(10)16/h4-5,7-8,12H,6,9H2,1H3,(H,17,19,21). The summed E-state index contributed by atoms with van der Waals surface area (Å²) in [7, 11) is 0. The molecule has 0 radical (unpaired) electrons. The van der Waals surface area contributed by atoms with Crippen molar-refractivity contribution < 1.29 is 14.4 Å². The Balaban J connectivity index is 2.30. The van der Waals surface area contributed by atoms with Gasteiger partial charge in [-0.3, -0.25) is 19.8 Å². The molecule has 1 fully saturated rings. The number of halogens is 1. The van der Waals surface area contributed by atoms with Crippen LogP contribution in [0.1, 0.15) is 24.8 Å². The highest BCUT2D eigenvalue weighted by atomic mass is 79.9. The molecule has 108 valence electrons. The maximum Gasteiger partial charge on any atom is 0.330 e. The van der Waals surface area contributed by atoms with E-state index in [1.54, 1.807) is 31.2 Å². The average Bonchev–Trinajstić information content (AvgIpc) is 2.44. The third-order valence-electron chi connectivity index (χ3n) is 3.10. The largest absolute Gasteiger partial charge is 0.330 e. The smallest absolute Gasteiger partial charge is 0.277 e. The second-order valence-corrected chi connectivity index (χ2v) is 5.27. The van der Waals surface area contributed by atoms with E-state index >= 15 is 0 Å². The summed E-state index contributed by atoms with van der Waals surface area (Å²) in [6.45, 7) is 1.85. The van der Waals surface area contributed by atoms with Gasteiger partial charge in [-0.2, -0.15) is 0 Å². The molecule has 1 N–H and O–H groups in total. The molecule has 1 unspecified atom stereocenters. The van der Waals surface area contributed by atoms with Gasteiger partial charge in [0.25, 0.3) is 0 Å². The zero-order chi connectivity index (χ0) is 15.4. The number of rotatable bonds is 3. The van der Waals surface area contributed by atoms with Crippen molar-refractivity contribution >= 4 is 33.8 Å². The fourth-order valence-corrected chi connectivity index (χ4v) is 2.61. The van der Waals surface area contributed by atoms with E-state index in [9.17, 15) is 14.4 Å². The summed E-state index contributed by atoms with van der Waals surface area (Å²) < 4.78 is 0.654. The van der Waals surface area contributed by atoms with E-state index in [1.807, 2.05) is 0 Å². The van der Waals surface area contributed by atoms with Crippen LogP contribution in [0.25, 0.3) is 0 Å². The van der Waals surface area contributed by atoms with Crippen LogP contribution in [-0.4, -0.2) is 29.3 Å². The molecule has 6 heteroatoms. The maximum atomic E-state index is 12.5. The number of urea groups is 1. The first-order valence-electron chi connectivity index (χ1n) is 6.36. The predicted octanol–water partition coefficient (Wildman–Crippen LogP) is 2.02. The molecule has 21 heavy (non-hydrogen) atoms. The number of nitrogens with zero attached hydrogens (tertiary/aromatic N) is 1. The first-order chi connectivity index (χ1) is 10.1. The Morgan fingerprint density at radius 1 is 1.29 bits per heavy atom. The van der Waals surface area contributed by atoms with Crippen molar-refractivity contribution in [1.82, 2.24) is 10.2 Å². The van der Waals surface area contributed by atoms with E-state index < -0.39 is 23.8 Å². The predicted molar refractivity (Wildman–Crippen MR) is 80.2 cm³/mol. The van der Waals surface area contributed by atoms with Crippen molar-refractivity contribution in [2.45, 2.75) is 19.3 Å². The van der Waals surface area contributed by atoms with E-state index in [4.69, 9.17) is 0 Å². The molecule has 0 aliphatic carbocycles. The second kappa shape index (κ2) is 6.55. The van der Waals surface area contributed by atoms with E-state index in [2.05, 4.69) is 33.1 Å². The van der Waals surface area contributed by atoms with Gasteiger partial charge in [0.2, 0.25) is 11.8 Å². The van der Waals surface area contributed by atoms with Crippen LogP contribution in [0.3, 0.4) is 0 Å². The number of carbonyl (C=O) groups excluding carboxylic acids is 3. The molecule has 1 heterocycles. The van der Waals surface area contributed by atoms with Crippen LogP contribution in [0.15, 0.2) is 28.7 Å². The lowest BCUT2D eigenvalue weighted by Gasteiger charge is -2.30. The normalized spacial score (nSPS) is 18.1. The molecule has 1 aliphatic heterocycles. The summed E-state index contributed by atoms with van der Waals surface area (Å²) in [6, 6.07) is 6.28. The van der Waals surface area contributed by atoms with Gasteiger partial charge < -0.3 is 0 Å². The van der Waals surface area contributed by atoms with Crippen LogP contribution >= 0.6 is 15.9 Å². The van der Waals surface area contributed by atoms with Crippen molar-refractivity contribution in [3.8, 4) is 11.8 Å². The summed E-state index contributed by atoms with van der Waals surface area (Å²) >= 11 is 3.33. The Morgan fingerprint density at radius 2 is 2.00 bits per heavy atom. The Kier molecular flexibility index (Phi) is 4.76. The molecule has 2 rings (SSSR count). The Hall–Kier alpha value is -2.13. The molecular weight excluding hydrogens is 336 g/mol. The fourth-order valence-electron chi connectivity index (χ4n) is 2.10. The summed E-state index contributed by atoms with van der Waals surface area (Å²) in [4.78, 5) is 37.3. The molecule has 1 aliphatic rings. The second-order valence-electron chi connectivity index (χ2n) is 4.42. The molecular formula is C15H13BrN2O3. The summed E-state index contributed by atoms with van der Waals surface area (Å²) in [5, 5.41) is 2.22. The number of carbonyl (C=O) groups is 3. The van der Waals surface area contributed by atoms with Crippen molar-refractivity contribution in [1.29, 1.82) is 0 Å². The first kappa shape index (κ1) is 15.3. The van der Waals surface area contributed by atoms with Crippen molar-refractivity contribution in [2.24, 2.45) is 0 Å². The molecule has 0 aromatic heterocycles. The minimum atomic E-state index is -1.02. The van der Waals surface area contributed by atoms with Gasteiger partial charge in [0.05, 0.1) is 0 Å². The highest BCUT2D eigenvalue weighted by Crippen LogP contribution is 2.28. The van der Waals surface area contributed by atoms with Gasteiger partial charge in [0.15, 0.2) is 0 Å². The number of hydrogen-bond acceptors (Lipinski definition) is 3. The van der Waals surface area contributed by atoms with Crippen molar-refractivity contribution in [3.05, 3.63) is 34.3 Å². The number of barbiturate groups is 1. The van der Waals surface area contributed by atoms with Gasteiger partial charge in [0.1, 0.15) is 5.92 Å². The molecule has 4 amide bonds. The minimum Gasteiger partial charge on any atom is -0.277 e. The van der Waals surface area contributed by atoms with Crippen LogP contribution in [0.2, 0.25) is 0 Å². The van der Waals surface area contributed by atoms with Gasteiger partial charge in [-0.05, 0) is 18.6 Å². The number of amides is 4. The van der Waals surface area contributed by atoms with Crippen LogP contribution in [-0.2, 0) is 9.59 Å². The van der Waals surface area contributed by atoms with Crippen LogP contribution in [0.4, 0.5) is 4.79 Å². The Bertz CT molecular complexity index is 660. The highest BCUT2D eigenvalue weighted by molar-refractivity contribution is 9.10. The third kappa shape index (κ3) is 3.14. The maximum absolute atomic E-state index is 12.5. The van der Waals surface area contributed by atoms with E-state index in [1.165, 1.54) is 0 Å². The van der Waals surface area contributed by atoms with Gasteiger partial charge in [0, 0.05) is 17.4 Å². The summed E-state index contributed by atoms with van der Waals surface area (Å²) in [5.41, 5.74) is 0.541. The monoisotopic (exact) mass is 348 g/mol. The molecule has 0 bridgehead atoms. The molecule has 5 nitrogen and oxygen atoms in total. The Morgan fingerprint density at radius 3 is 2.67 bits per heavy atom. The molecule has 1 atom stereocenters. The van der Waals surface area contributed by atoms with Gasteiger partial charge in [-0.25, -0.2) is 4.79 Å². The molecule has 0 spiro atoms. The summed E-state index contributed by atoms with van der Waals surface area (Å²) in [5.74, 6) is 3.36. The summed E-state index contributed by atoms with van der Waals surface area (Å²) in [6.07, 6.45) is 0.381. The molecule has 1 saturated heterocycles. The average molecular weight is 349 g/mol. The lowest BCUT2D eigenvalue weighted by molar-refractivity contribution is -0.138. The van der Waals surface area contributed by atoms with Crippen LogP contribution in [0, 0.1) is 11.8 Å². The van der Waals surface area contributed by atoms with E-state index in [0.29, 0.717) is 16.5 Å². The number of nitrogens with one attached hydrogen (secondary N) is 1. The highest BCUT2D eigenvalue weighted by Gasteiger charge is 2.41. The first-order valence-corrected chi connectivity index (χ1v) is 7.15. The lowest BCUT2D eigenvalue weighted by Crippen LogP contribution is -2.57. The van der Waals surface area contributed by atoms with Crippen molar-refractivity contribution in [3.63, 3.8) is 0 Å². The number of benzene rings is 1. The zero-order valence-electron chi connectivity index (χ0n) is 11.4. The topological polar surface area (TPSA) is 66.5 Å². The zero-order valence-corrected chi connectivity index (χ0v) is 12.9. The SMILES string of the molecule is CC#CCCN1C(=O)NC(=O)C(c2ccccc2Br)C1=O. The lowest BCUT2D eigenvalue weighted by atomic mass is 9.95. The van der Waals surface area contributed by atoms with E-state index in [-0.39, 0.29) is 6.54 Å². The van der Waals surface area contributed by atoms with Gasteiger partial charge in [-0.1, -0.05) is 34.1 Å². The Labute approximate surface area is 130 Å². The quantitative estimate of drug-likeness (QED) is 0.671. The molecule has 1 aromatic carbocycles. The van der Waals surface area contributed by atoms with E-state index in [0.717, 1.165) is 4.90 Å². The number of imide groups is 2. The van der Waals surface area contributed by atoms with Crippen LogP contribution < -0.4 is 5.32 Å². The minimum absolute atomic E-state index is 0.166. The molecule has 1 aromatic rings. The van der Waals surface area contributed by atoms with Crippen LogP contribution in [0.5, 0.6) is 0 Å². The van der Waals surface area contributed by atoms with Crippen molar-refractivity contribution in [2.75, 3.05) is 6.54 Å². The fraction of sp³-hybridized carbons (Fsp3) is 0.267. The van der Waals surface area contributed by atoms with Gasteiger partial charge in [-0.15, -0.1) is 11.8 Å².